The molecule has 40 heavy (non-hydrogen) atoms. The van der Waals surface area contributed by atoms with E-state index in [0.29, 0.717) is 25.1 Å². The number of carbonyl (C=O) groups excluding carboxylic acids is 3. The maximum atomic E-state index is 13.3. The van der Waals surface area contributed by atoms with Gasteiger partial charge in [-0.1, -0.05) is 60.7 Å². The van der Waals surface area contributed by atoms with Crippen LogP contribution in [0.25, 0.3) is 22.0 Å². The van der Waals surface area contributed by atoms with Crippen LogP contribution >= 0.6 is 0 Å². The maximum absolute atomic E-state index is 13.3. The molecule has 8 nitrogen and oxygen atoms in total. The molecule has 0 radical (unpaired) electrons. The number of aromatic amines is 1. The molecular formula is C32H37N5O3. The molecule has 0 unspecified atom stereocenters. The number of H-pyrrole nitrogens is 1. The molecule has 1 heterocycles. The molecule has 1 atom stereocenters. The Balaban J connectivity index is 1.47. The second-order valence-corrected chi connectivity index (χ2v) is 10.7. The number of fused-ring (bicyclic) bond motifs is 1. The summed E-state index contributed by atoms with van der Waals surface area (Å²) in [5.74, 6) is -0.669. The molecule has 0 aliphatic heterocycles. The molecule has 3 aromatic carbocycles. The summed E-state index contributed by atoms with van der Waals surface area (Å²) in [4.78, 5) is 41.8. The first kappa shape index (κ1) is 28.6. The summed E-state index contributed by atoms with van der Waals surface area (Å²) in [5, 5.41) is 9.73. The summed E-state index contributed by atoms with van der Waals surface area (Å²) in [6.07, 6.45) is 2.31. The number of carbonyl (C=O) groups is 3. The Kier molecular flexibility index (Phi) is 9.01. The lowest BCUT2D eigenvalue weighted by Gasteiger charge is -2.22. The highest BCUT2D eigenvalue weighted by Crippen LogP contribution is 2.24. The van der Waals surface area contributed by atoms with Crippen molar-refractivity contribution in [2.75, 3.05) is 6.54 Å². The number of aromatic nitrogens is 1. The van der Waals surface area contributed by atoms with Crippen LogP contribution in [0.4, 0.5) is 0 Å². The van der Waals surface area contributed by atoms with Gasteiger partial charge in [0, 0.05) is 54.1 Å². The van der Waals surface area contributed by atoms with Crippen LogP contribution in [-0.2, 0) is 22.6 Å². The van der Waals surface area contributed by atoms with Gasteiger partial charge in [0.2, 0.25) is 11.8 Å². The number of hydrogen-bond donors (Lipinski definition) is 5. The van der Waals surface area contributed by atoms with Gasteiger partial charge in [0.15, 0.2) is 0 Å². The molecule has 3 amide bonds. The van der Waals surface area contributed by atoms with Crippen molar-refractivity contribution in [1.82, 2.24) is 20.9 Å². The Hall–Kier alpha value is -4.43. The predicted octanol–water partition coefficient (Wildman–Crippen LogP) is 4.06. The number of rotatable bonds is 11. The predicted molar refractivity (Wildman–Crippen MR) is 159 cm³/mol. The largest absolute Gasteiger partial charge is 0.361 e. The van der Waals surface area contributed by atoms with E-state index in [1.54, 1.807) is 13.8 Å². The van der Waals surface area contributed by atoms with Gasteiger partial charge in [-0.2, -0.15) is 0 Å². The Morgan fingerprint density at radius 2 is 1.62 bits per heavy atom. The molecule has 0 saturated carbocycles. The standard InChI is InChI=1S/C32H37N5O3/c1-4-34-30(39)26-11-6-5-9-24(26)22-15-13-21(14-16-22)19-36-31(40)28(37-29(38)18-32(2,3)33)17-23-20-35-27-12-8-7-10-25(23)27/h5-16,20,28,35H,4,17-19,33H2,1-3H3,(H,34,39)(H,36,40)(H,37,38)/t28-/m1/s1. The zero-order valence-electron chi connectivity index (χ0n) is 23.2. The third kappa shape index (κ3) is 7.36. The fourth-order valence-corrected chi connectivity index (χ4v) is 4.69. The van der Waals surface area contributed by atoms with Gasteiger partial charge < -0.3 is 26.7 Å². The Morgan fingerprint density at radius 3 is 2.35 bits per heavy atom. The highest BCUT2D eigenvalue weighted by molar-refractivity contribution is 6.00. The lowest BCUT2D eigenvalue weighted by molar-refractivity contribution is -0.129. The Bertz CT molecular complexity index is 1480. The van der Waals surface area contributed by atoms with Crippen molar-refractivity contribution in [2.45, 2.75) is 51.7 Å². The molecule has 208 valence electrons. The van der Waals surface area contributed by atoms with Crippen LogP contribution in [0, 0.1) is 0 Å². The van der Waals surface area contributed by atoms with Crippen molar-refractivity contribution < 1.29 is 14.4 Å². The molecule has 0 fully saturated rings. The quantitative estimate of drug-likeness (QED) is 0.197. The minimum Gasteiger partial charge on any atom is -0.361 e. The SMILES string of the molecule is CCNC(=O)c1ccccc1-c1ccc(CNC(=O)[C@@H](Cc2c[nH]c3ccccc23)NC(=O)CC(C)(C)N)cc1. The number of benzene rings is 3. The summed E-state index contributed by atoms with van der Waals surface area (Å²) >= 11 is 0. The molecule has 4 aromatic rings. The second kappa shape index (κ2) is 12.6. The van der Waals surface area contributed by atoms with Crippen LogP contribution in [0.3, 0.4) is 0 Å². The van der Waals surface area contributed by atoms with E-state index in [9.17, 15) is 14.4 Å². The Morgan fingerprint density at radius 1 is 0.925 bits per heavy atom. The number of nitrogens with one attached hydrogen (secondary N) is 4. The van der Waals surface area contributed by atoms with Crippen molar-refractivity contribution in [3.8, 4) is 11.1 Å². The average Bonchev–Trinajstić information content (AvgIpc) is 3.33. The second-order valence-electron chi connectivity index (χ2n) is 10.7. The van der Waals surface area contributed by atoms with Crippen molar-refractivity contribution in [1.29, 1.82) is 0 Å². The fourth-order valence-electron chi connectivity index (χ4n) is 4.69. The summed E-state index contributed by atoms with van der Waals surface area (Å²) in [7, 11) is 0. The van der Waals surface area contributed by atoms with E-state index in [2.05, 4.69) is 20.9 Å². The van der Waals surface area contributed by atoms with Gasteiger partial charge in [-0.25, -0.2) is 0 Å². The summed E-state index contributed by atoms with van der Waals surface area (Å²) in [6.45, 7) is 6.29. The van der Waals surface area contributed by atoms with Crippen LogP contribution in [0.1, 0.15) is 48.7 Å². The van der Waals surface area contributed by atoms with E-state index in [4.69, 9.17) is 5.73 Å². The monoisotopic (exact) mass is 539 g/mol. The third-order valence-electron chi connectivity index (χ3n) is 6.61. The fraction of sp³-hybridized carbons (Fsp3) is 0.281. The molecule has 1 aromatic heterocycles. The minimum absolute atomic E-state index is 0.101. The summed E-state index contributed by atoms with van der Waals surface area (Å²) < 4.78 is 0. The van der Waals surface area contributed by atoms with Crippen LogP contribution in [0.15, 0.2) is 79.0 Å². The van der Waals surface area contributed by atoms with Crippen LogP contribution in [0.5, 0.6) is 0 Å². The molecule has 8 heteroatoms. The number of hydrogen-bond acceptors (Lipinski definition) is 4. The molecule has 0 spiro atoms. The lowest BCUT2D eigenvalue weighted by atomic mass is 9.98. The van der Waals surface area contributed by atoms with Crippen LogP contribution < -0.4 is 21.7 Å². The van der Waals surface area contributed by atoms with Gasteiger partial charge >= 0.3 is 0 Å². The van der Waals surface area contributed by atoms with E-state index >= 15 is 0 Å². The average molecular weight is 540 g/mol. The Labute approximate surface area is 234 Å². The summed E-state index contributed by atoms with van der Waals surface area (Å²) in [6, 6.07) is 22.3. The maximum Gasteiger partial charge on any atom is 0.251 e. The van der Waals surface area contributed by atoms with E-state index in [1.165, 1.54) is 0 Å². The zero-order valence-corrected chi connectivity index (χ0v) is 23.2. The van der Waals surface area contributed by atoms with Crippen LogP contribution in [0.2, 0.25) is 0 Å². The van der Waals surface area contributed by atoms with Gasteiger partial charge in [0.25, 0.3) is 5.91 Å². The normalized spacial score (nSPS) is 12.1. The summed E-state index contributed by atoms with van der Waals surface area (Å²) in [5.41, 5.74) is 10.5. The third-order valence-corrected chi connectivity index (χ3v) is 6.61. The minimum atomic E-state index is -0.766. The van der Waals surface area contributed by atoms with Crippen molar-refractivity contribution in [3.05, 3.63) is 95.7 Å². The molecule has 4 rings (SSSR count). The molecule has 0 aliphatic rings. The first-order valence-electron chi connectivity index (χ1n) is 13.5. The topological polar surface area (TPSA) is 129 Å². The van der Waals surface area contributed by atoms with Gasteiger partial charge in [-0.05, 0) is 55.2 Å². The van der Waals surface area contributed by atoms with Gasteiger partial charge in [0.05, 0.1) is 0 Å². The number of amides is 3. The lowest BCUT2D eigenvalue weighted by Crippen LogP contribution is -2.50. The van der Waals surface area contributed by atoms with Crippen molar-refractivity contribution >= 4 is 28.6 Å². The van der Waals surface area contributed by atoms with E-state index in [0.717, 1.165) is 33.2 Å². The molecular weight excluding hydrogens is 502 g/mol. The van der Waals surface area contributed by atoms with Gasteiger partial charge in [0.1, 0.15) is 6.04 Å². The van der Waals surface area contributed by atoms with E-state index in [-0.39, 0.29) is 24.1 Å². The first-order chi connectivity index (χ1) is 19.1. The van der Waals surface area contributed by atoms with E-state index < -0.39 is 11.6 Å². The van der Waals surface area contributed by atoms with Crippen LogP contribution in [-0.4, -0.2) is 40.8 Å². The van der Waals surface area contributed by atoms with Crippen molar-refractivity contribution in [2.24, 2.45) is 5.73 Å². The molecule has 6 N–H and O–H groups in total. The molecule has 0 saturated heterocycles. The van der Waals surface area contributed by atoms with Gasteiger partial charge in [-0.3, -0.25) is 14.4 Å². The smallest absolute Gasteiger partial charge is 0.251 e. The number of nitrogens with two attached hydrogens (primary N) is 1. The molecule has 0 aliphatic carbocycles. The highest BCUT2D eigenvalue weighted by atomic mass is 16.2. The number of para-hydroxylation sites is 1. The zero-order chi connectivity index (χ0) is 28.7. The molecule has 0 bridgehead atoms. The van der Waals surface area contributed by atoms with Crippen molar-refractivity contribution in [3.63, 3.8) is 0 Å². The highest BCUT2D eigenvalue weighted by Gasteiger charge is 2.25. The van der Waals surface area contributed by atoms with Gasteiger partial charge in [-0.15, -0.1) is 0 Å². The first-order valence-corrected chi connectivity index (χ1v) is 13.5. The van der Waals surface area contributed by atoms with E-state index in [1.807, 2.05) is 85.9 Å².